The molecule has 0 atom stereocenters. The van der Waals surface area contributed by atoms with Gasteiger partial charge in [0.05, 0.1) is 28.4 Å². The molecule has 5 nitrogen and oxygen atoms in total. The second kappa shape index (κ2) is 13.2. The van der Waals surface area contributed by atoms with E-state index in [1.54, 1.807) is 28.4 Å². The third kappa shape index (κ3) is 5.72. The lowest BCUT2D eigenvalue weighted by atomic mass is 9.52. The fourth-order valence-corrected chi connectivity index (χ4v) is 11.3. The van der Waals surface area contributed by atoms with Crippen molar-refractivity contribution in [2.45, 2.75) is 64.9 Å². The second-order valence-electron chi connectivity index (χ2n) is 17.9. The molecule has 57 heavy (non-hydrogen) atoms. The van der Waals surface area contributed by atoms with Crippen molar-refractivity contribution in [3.05, 3.63) is 143 Å². The maximum atomic E-state index is 7.82. The highest BCUT2D eigenvalue weighted by atomic mass is 16.5. The van der Waals surface area contributed by atoms with Gasteiger partial charge in [-0.15, -0.1) is 0 Å². The van der Waals surface area contributed by atoms with Crippen LogP contribution in [0.4, 0.5) is 0 Å². The molecule has 0 amide bonds. The van der Waals surface area contributed by atoms with Crippen molar-refractivity contribution in [3.63, 3.8) is 0 Å². The van der Waals surface area contributed by atoms with E-state index in [4.69, 9.17) is 23.7 Å². The summed E-state index contributed by atoms with van der Waals surface area (Å²) in [6, 6.07) is 36.5. The molecule has 6 aromatic rings. The van der Waals surface area contributed by atoms with Gasteiger partial charge < -0.3 is 23.7 Å². The van der Waals surface area contributed by atoms with Crippen molar-refractivity contribution >= 4 is 16.8 Å². The summed E-state index contributed by atoms with van der Waals surface area (Å²) < 4.78 is 30.7. The monoisotopic (exact) mass is 756 g/mol. The van der Waals surface area contributed by atoms with Crippen LogP contribution in [0, 0.1) is 17.8 Å². The average molecular weight is 757 g/mol. The van der Waals surface area contributed by atoms with Crippen LogP contribution in [-0.2, 0) is 11.0 Å². The number of ether oxygens (including phenoxy) is 5. The lowest BCUT2D eigenvalue weighted by molar-refractivity contribution is 0.0642. The molecule has 1 saturated carbocycles. The van der Waals surface area contributed by atoms with Crippen molar-refractivity contribution in [1.29, 1.82) is 0 Å². The predicted molar refractivity (Wildman–Crippen MR) is 231 cm³/mol. The van der Waals surface area contributed by atoms with Crippen LogP contribution in [0.1, 0.15) is 80.3 Å². The summed E-state index contributed by atoms with van der Waals surface area (Å²) in [5.41, 5.74) is 11.0. The lowest BCUT2D eigenvalue weighted by Gasteiger charge is -2.52. The van der Waals surface area contributed by atoms with Gasteiger partial charge in [-0.05, 0) is 124 Å². The van der Waals surface area contributed by atoms with Crippen molar-refractivity contribution in [3.8, 4) is 51.0 Å². The Hall–Kier alpha value is -5.68. The van der Waals surface area contributed by atoms with E-state index in [9.17, 15) is 0 Å². The summed E-state index contributed by atoms with van der Waals surface area (Å²) >= 11 is 0. The van der Waals surface area contributed by atoms with Crippen molar-refractivity contribution in [2.24, 2.45) is 10.8 Å². The smallest absolute Gasteiger partial charge is 0.178 e. The van der Waals surface area contributed by atoms with Gasteiger partial charge in [-0.1, -0.05) is 88.4 Å². The molecule has 1 spiro atoms. The summed E-state index contributed by atoms with van der Waals surface area (Å²) in [5.74, 6) is 3.99. The van der Waals surface area contributed by atoms with Crippen LogP contribution in [0.25, 0.3) is 39.1 Å². The summed E-state index contributed by atoms with van der Waals surface area (Å²) in [6.07, 6.45) is 7.94. The molecule has 5 heteroatoms. The van der Waals surface area contributed by atoms with E-state index < -0.39 is 5.60 Å². The van der Waals surface area contributed by atoms with E-state index in [1.807, 2.05) is 36.4 Å². The number of fused-ring (bicyclic) bond motifs is 10. The minimum Gasteiger partial charge on any atom is -0.497 e. The summed E-state index contributed by atoms with van der Waals surface area (Å²) in [5, 5.41) is 2.27. The first-order valence-corrected chi connectivity index (χ1v) is 20.0. The molecule has 1 fully saturated rings. The molecule has 0 aromatic heterocycles. The zero-order valence-corrected chi connectivity index (χ0v) is 34.6. The van der Waals surface area contributed by atoms with Crippen molar-refractivity contribution in [1.82, 2.24) is 0 Å². The van der Waals surface area contributed by atoms with Gasteiger partial charge in [0.25, 0.3) is 0 Å². The summed E-state index contributed by atoms with van der Waals surface area (Å²) in [6.45, 7) is 12.1. The Bertz CT molecular complexity index is 2510. The average Bonchev–Trinajstić information content (AvgIpc) is 3.47. The minimum absolute atomic E-state index is 0.123. The Kier molecular flexibility index (Phi) is 8.55. The molecule has 1 aliphatic heterocycles. The molecule has 0 radical (unpaired) electrons. The van der Waals surface area contributed by atoms with Crippen LogP contribution in [0.15, 0.2) is 109 Å². The third-order valence-corrected chi connectivity index (χ3v) is 12.8. The normalized spacial score (nSPS) is 17.6. The van der Waals surface area contributed by atoms with Gasteiger partial charge in [-0.3, -0.25) is 0 Å². The highest BCUT2D eigenvalue weighted by Crippen LogP contribution is 2.67. The molecule has 3 aliphatic rings. The summed E-state index contributed by atoms with van der Waals surface area (Å²) in [7, 11) is 6.81. The molecule has 0 unspecified atom stereocenters. The molecule has 2 aliphatic carbocycles. The Morgan fingerprint density at radius 1 is 0.561 bits per heavy atom. The molecular weight excluding hydrogens is 705 g/mol. The molecular formula is C52H52O5. The minimum atomic E-state index is -0.945. The maximum Gasteiger partial charge on any atom is 0.178 e. The number of hydrogen-bond donors (Lipinski definition) is 0. The van der Waals surface area contributed by atoms with E-state index in [0.29, 0.717) is 0 Å². The van der Waals surface area contributed by atoms with Gasteiger partial charge in [0.1, 0.15) is 28.7 Å². The number of methoxy groups -OCH3 is 4. The zero-order valence-electron chi connectivity index (χ0n) is 34.6. The molecule has 6 aromatic carbocycles. The Labute approximate surface area is 337 Å². The fraction of sp³-hybridized carbons (Fsp3) is 0.308. The topological polar surface area (TPSA) is 46.2 Å². The third-order valence-electron chi connectivity index (χ3n) is 12.8. The predicted octanol–water partition coefficient (Wildman–Crippen LogP) is 12.7. The zero-order chi connectivity index (χ0) is 39.9. The van der Waals surface area contributed by atoms with Crippen LogP contribution in [-0.4, -0.2) is 28.4 Å². The second-order valence-corrected chi connectivity index (χ2v) is 17.9. The first-order valence-electron chi connectivity index (χ1n) is 20.0. The van der Waals surface area contributed by atoms with E-state index >= 15 is 0 Å². The molecule has 0 saturated heterocycles. The van der Waals surface area contributed by atoms with E-state index in [-0.39, 0.29) is 16.2 Å². The number of rotatable bonds is 7. The standard InChI is InChI=1S/C52H52O5/c1-32-26-42-43(28-41(32)38-23-22-37(55-8)27-45(38)56-9)48-40(47-46(42)39-12-10-11-13-44(39)51(47)30-49(2,3)29-50(4,5)31-51)24-25-52(57-48,33-14-18-35(53-6)19-15-33)34-16-20-36(54-7)21-17-34/h10-28H,29-31H2,1-9H3. The molecule has 9 rings (SSSR count). The Morgan fingerprint density at radius 3 is 1.75 bits per heavy atom. The number of aryl methyl sites for hydroxylation is 1. The van der Waals surface area contributed by atoms with Crippen LogP contribution < -0.4 is 23.7 Å². The first kappa shape index (κ1) is 36.9. The highest BCUT2D eigenvalue weighted by Gasteiger charge is 2.55. The number of benzene rings is 6. The van der Waals surface area contributed by atoms with Crippen molar-refractivity contribution in [2.75, 3.05) is 28.4 Å². The van der Waals surface area contributed by atoms with E-state index in [1.165, 1.54) is 39.6 Å². The van der Waals surface area contributed by atoms with E-state index in [2.05, 4.69) is 114 Å². The van der Waals surface area contributed by atoms with Gasteiger partial charge in [0.2, 0.25) is 0 Å². The van der Waals surface area contributed by atoms with Gasteiger partial charge in [0.15, 0.2) is 5.60 Å². The Balaban J connectivity index is 1.40. The maximum absolute atomic E-state index is 7.82. The molecule has 0 bridgehead atoms. The van der Waals surface area contributed by atoms with Gasteiger partial charge in [-0.2, -0.15) is 0 Å². The van der Waals surface area contributed by atoms with Crippen LogP contribution in [0.5, 0.6) is 28.7 Å². The first-order chi connectivity index (χ1) is 27.4. The van der Waals surface area contributed by atoms with Crippen LogP contribution >= 0.6 is 0 Å². The molecule has 290 valence electrons. The van der Waals surface area contributed by atoms with Gasteiger partial charge in [-0.25, -0.2) is 0 Å². The van der Waals surface area contributed by atoms with E-state index in [0.717, 1.165) is 74.8 Å². The van der Waals surface area contributed by atoms with Crippen LogP contribution in [0.2, 0.25) is 0 Å². The summed E-state index contributed by atoms with van der Waals surface area (Å²) in [4.78, 5) is 0. The highest BCUT2D eigenvalue weighted by molar-refractivity contribution is 6.10. The quantitative estimate of drug-likeness (QED) is 0.162. The van der Waals surface area contributed by atoms with Gasteiger partial charge >= 0.3 is 0 Å². The largest absolute Gasteiger partial charge is 0.497 e. The SMILES string of the molecule is COc1ccc(C2(c3ccc(OC)cc3)C=Cc3c4c(c5cc(C)c(-c6ccc(OC)cc6OC)cc5c3O2)-c2ccccc2C42CC(C)(C)CC(C)(C)C2)cc1. The molecule has 0 N–H and O–H groups in total. The molecule has 1 heterocycles. The van der Waals surface area contributed by atoms with Crippen molar-refractivity contribution < 1.29 is 23.7 Å². The lowest BCUT2D eigenvalue weighted by Crippen LogP contribution is -2.44. The fourth-order valence-electron chi connectivity index (χ4n) is 11.3. The van der Waals surface area contributed by atoms with Crippen LogP contribution in [0.3, 0.4) is 0 Å². The number of hydrogen-bond acceptors (Lipinski definition) is 5. The van der Waals surface area contributed by atoms with Gasteiger partial charge in [0, 0.05) is 39.1 Å². The Morgan fingerprint density at radius 2 is 1.16 bits per heavy atom.